The van der Waals surface area contributed by atoms with Crippen molar-refractivity contribution < 1.29 is 4.79 Å². The van der Waals surface area contributed by atoms with Gasteiger partial charge in [0.2, 0.25) is 0 Å². The number of nitrogens with one attached hydrogen (secondary N) is 1. The number of benzene rings is 1. The van der Waals surface area contributed by atoms with Crippen molar-refractivity contribution in [2.75, 3.05) is 6.54 Å². The number of aryl methyl sites for hydroxylation is 1. The summed E-state index contributed by atoms with van der Waals surface area (Å²) in [6.45, 7) is 0.563. The van der Waals surface area contributed by atoms with E-state index >= 15 is 0 Å². The van der Waals surface area contributed by atoms with Crippen molar-refractivity contribution in [3.63, 3.8) is 0 Å². The van der Waals surface area contributed by atoms with E-state index in [-0.39, 0.29) is 24.4 Å². The fourth-order valence-electron chi connectivity index (χ4n) is 2.73. The molecule has 1 aromatic heterocycles. The van der Waals surface area contributed by atoms with Gasteiger partial charge in [0.25, 0.3) is 5.91 Å². The smallest absolute Gasteiger partial charge is 0.270 e. The summed E-state index contributed by atoms with van der Waals surface area (Å²) in [6, 6.07) is 8.66. The zero-order chi connectivity index (χ0) is 14.7. The first-order chi connectivity index (χ1) is 10.3. The Bertz CT molecular complexity index is 644. The Balaban J connectivity index is 0.00000176. The number of carbonyl (C=O) groups is 1. The molecular formula is C16H20ClN3OS. The molecule has 1 aromatic carbocycles. The molecule has 0 fully saturated rings. The van der Waals surface area contributed by atoms with Crippen LogP contribution >= 0.6 is 23.7 Å². The molecular weight excluding hydrogens is 318 g/mol. The van der Waals surface area contributed by atoms with Crippen LogP contribution in [0.25, 0.3) is 0 Å². The van der Waals surface area contributed by atoms with Crippen LogP contribution in [0.4, 0.5) is 0 Å². The van der Waals surface area contributed by atoms with Crippen LogP contribution in [0.2, 0.25) is 0 Å². The number of fused-ring (bicyclic) bond motifs is 1. The van der Waals surface area contributed by atoms with Crippen LogP contribution in [0.1, 0.15) is 33.0 Å². The van der Waals surface area contributed by atoms with Gasteiger partial charge in [-0.1, -0.05) is 24.3 Å². The number of carbonyl (C=O) groups excluding carboxylic acids is 1. The second-order valence-electron chi connectivity index (χ2n) is 5.35. The number of halogens is 1. The maximum atomic E-state index is 12.2. The third-order valence-electron chi connectivity index (χ3n) is 3.82. The molecule has 0 saturated heterocycles. The molecule has 2 aromatic rings. The van der Waals surface area contributed by atoms with Gasteiger partial charge in [-0.05, 0) is 36.9 Å². The summed E-state index contributed by atoms with van der Waals surface area (Å²) in [5.74, 6) is -0.0705. The fourth-order valence-corrected chi connectivity index (χ4v) is 3.53. The van der Waals surface area contributed by atoms with Crippen molar-refractivity contribution in [2.45, 2.75) is 31.7 Å². The second kappa shape index (κ2) is 7.72. The van der Waals surface area contributed by atoms with E-state index < -0.39 is 0 Å². The van der Waals surface area contributed by atoms with Crippen LogP contribution in [-0.2, 0) is 19.3 Å². The lowest BCUT2D eigenvalue weighted by Gasteiger charge is -2.25. The quantitative estimate of drug-likeness (QED) is 0.900. The molecule has 1 aliphatic rings. The van der Waals surface area contributed by atoms with Crippen molar-refractivity contribution in [1.29, 1.82) is 0 Å². The zero-order valence-corrected chi connectivity index (χ0v) is 13.9. The normalized spacial score (nSPS) is 16.5. The van der Waals surface area contributed by atoms with Crippen LogP contribution in [0.15, 0.2) is 29.6 Å². The molecule has 1 unspecified atom stereocenters. The molecule has 1 heterocycles. The van der Waals surface area contributed by atoms with Gasteiger partial charge in [-0.15, -0.1) is 23.7 Å². The lowest BCUT2D eigenvalue weighted by Crippen LogP contribution is -2.39. The highest BCUT2D eigenvalue weighted by molar-refractivity contribution is 7.09. The van der Waals surface area contributed by atoms with Crippen molar-refractivity contribution in [3.8, 4) is 0 Å². The van der Waals surface area contributed by atoms with Gasteiger partial charge in [0, 0.05) is 17.8 Å². The summed E-state index contributed by atoms with van der Waals surface area (Å²) in [7, 11) is 0. The minimum absolute atomic E-state index is 0. The predicted octanol–water partition coefficient (Wildman–Crippen LogP) is 2.35. The molecule has 0 aliphatic heterocycles. The number of amides is 1. The molecule has 0 radical (unpaired) electrons. The number of thiazole rings is 1. The molecule has 118 valence electrons. The van der Waals surface area contributed by atoms with Gasteiger partial charge in [-0.25, -0.2) is 4.98 Å². The van der Waals surface area contributed by atoms with Crippen LogP contribution in [0.3, 0.4) is 0 Å². The van der Waals surface area contributed by atoms with Crippen molar-refractivity contribution in [2.24, 2.45) is 5.73 Å². The van der Waals surface area contributed by atoms with Crippen molar-refractivity contribution in [3.05, 3.63) is 51.5 Å². The van der Waals surface area contributed by atoms with Crippen molar-refractivity contribution in [1.82, 2.24) is 10.3 Å². The van der Waals surface area contributed by atoms with Gasteiger partial charge < -0.3 is 11.1 Å². The van der Waals surface area contributed by atoms with Crippen LogP contribution < -0.4 is 11.1 Å². The minimum Gasteiger partial charge on any atom is -0.348 e. The molecule has 4 nitrogen and oxygen atoms in total. The van der Waals surface area contributed by atoms with Crippen LogP contribution in [-0.4, -0.2) is 23.5 Å². The molecule has 0 saturated carbocycles. The molecule has 3 N–H and O–H groups in total. The van der Waals surface area contributed by atoms with Gasteiger partial charge >= 0.3 is 0 Å². The van der Waals surface area contributed by atoms with Gasteiger partial charge in [0.05, 0.1) is 5.01 Å². The minimum atomic E-state index is -0.0705. The summed E-state index contributed by atoms with van der Waals surface area (Å²) in [6.07, 6.45) is 3.65. The lowest BCUT2D eigenvalue weighted by atomic mass is 9.88. The van der Waals surface area contributed by atoms with E-state index in [1.165, 1.54) is 22.5 Å². The second-order valence-corrected chi connectivity index (χ2v) is 6.29. The Kier molecular flexibility index (Phi) is 5.94. The number of aromatic nitrogens is 1. The highest BCUT2D eigenvalue weighted by atomic mass is 35.5. The third-order valence-corrected chi connectivity index (χ3v) is 4.73. The third kappa shape index (κ3) is 3.85. The highest BCUT2D eigenvalue weighted by Gasteiger charge is 2.21. The molecule has 1 aliphatic carbocycles. The number of rotatable bonds is 4. The van der Waals surface area contributed by atoms with Gasteiger partial charge in [-0.3, -0.25) is 4.79 Å². The number of hydrogen-bond donors (Lipinski definition) is 2. The maximum Gasteiger partial charge on any atom is 0.270 e. The standard InChI is InChI=1S/C16H19N3OS.ClH/c17-8-7-15-19-14(10-21-15)16(20)18-13-6-5-11-3-1-2-4-12(11)9-13;/h1-4,10,13H,5-9,17H2,(H,18,20);1H. The van der Waals surface area contributed by atoms with Crippen LogP contribution in [0.5, 0.6) is 0 Å². The largest absolute Gasteiger partial charge is 0.348 e. The molecule has 3 rings (SSSR count). The van der Waals surface area contributed by atoms with Crippen LogP contribution in [0, 0.1) is 0 Å². The summed E-state index contributed by atoms with van der Waals surface area (Å²) in [5, 5.41) is 5.85. The van der Waals surface area contributed by atoms with Gasteiger partial charge in [0.1, 0.15) is 5.69 Å². The van der Waals surface area contributed by atoms with E-state index in [9.17, 15) is 4.79 Å². The van der Waals surface area contributed by atoms with E-state index in [0.29, 0.717) is 12.2 Å². The zero-order valence-electron chi connectivity index (χ0n) is 12.2. The van der Waals surface area contributed by atoms with Crippen molar-refractivity contribution >= 4 is 29.7 Å². The van der Waals surface area contributed by atoms with E-state index in [1.54, 1.807) is 0 Å². The van der Waals surface area contributed by atoms with Gasteiger partial charge in [-0.2, -0.15) is 0 Å². The summed E-state index contributed by atoms with van der Waals surface area (Å²) < 4.78 is 0. The summed E-state index contributed by atoms with van der Waals surface area (Å²) in [4.78, 5) is 16.6. The van der Waals surface area contributed by atoms with E-state index in [2.05, 4.69) is 34.6 Å². The first-order valence-electron chi connectivity index (χ1n) is 7.28. The average Bonchev–Trinajstić information content (AvgIpc) is 2.96. The monoisotopic (exact) mass is 337 g/mol. The molecule has 22 heavy (non-hydrogen) atoms. The Morgan fingerprint density at radius 3 is 2.91 bits per heavy atom. The molecule has 1 atom stereocenters. The number of hydrogen-bond acceptors (Lipinski definition) is 4. The van der Waals surface area contributed by atoms with E-state index in [4.69, 9.17) is 5.73 Å². The topological polar surface area (TPSA) is 68.0 Å². The highest BCUT2D eigenvalue weighted by Crippen LogP contribution is 2.21. The number of nitrogens with zero attached hydrogens (tertiary/aromatic N) is 1. The Labute approximate surface area is 140 Å². The predicted molar refractivity (Wildman–Crippen MR) is 91.8 cm³/mol. The average molecular weight is 338 g/mol. The van der Waals surface area contributed by atoms with Gasteiger partial charge in [0.15, 0.2) is 0 Å². The Hall–Kier alpha value is -1.43. The summed E-state index contributed by atoms with van der Waals surface area (Å²) >= 11 is 1.50. The molecule has 0 spiro atoms. The Morgan fingerprint density at radius 2 is 2.14 bits per heavy atom. The SMILES string of the molecule is Cl.NCCc1nc(C(=O)NC2CCc3ccccc3C2)cs1. The molecule has 0 bridgehead atoms. The number of nitrogens with two attached hydrogens (primary N) is 1. The van der Waals surface area contributed by atoms with E-state index in [1.807, 2.05) is 5.38 Å². The first kappa shape index (κ1) is 16.9. The molecule has 6 heteroatoms. The molecule has 1 amide bonds. The summed E-state index contributed by atoms with van der Waals surface area (Å²) in [5.41, 5.74) is 8.77. The van der Waals surface area contributed by atoms with E-state index in [0.717, 1.165) is 30.7 Å². The lowest BCUT2D eigenvalue weighted by molar-refractivity contribution is 0.0929. The first-order valence-corrected chi connectivity index (χ1v) is 8.16. The fraction of sp³-hybridized carbons (Fsp3) is 0.375. The Morgan fingerprint density at radius 1 is 1.36 bits per heavy atom. The maximum absolute atomic E-state index is 12.2.